The summed E-state index contributed by atoms with van der Waals surface area (Å²) in [6.45, 7) is 0.379. The first-order chi connectivity index (χ1) is 16.3. The van der Waals surface area contributed by atoms with E-state index in [9.17, 15) is 19.2 Å². The van der Waals surface area contributed by atoms with Gasteiger partial charge in [-0.1, -0.05) is 30.3 Å². The minimum absolute atomic E-state index is 0.0953. The number of carbonyl (C=O) groups excluding carboxylic acids is 3. The Hall–Kier alpha value is -3.67. The summed E-state index contributed by atoms with van der Waals surface area (Å²) in [5, 5.41) is 19.7. The smallest absolute Gasteiger partial charge is 0.322 e. The number of carboxylic acids is 1. The van der Waals surface area contributed by atoms with Gasteiger partial charge in [0.1, 0.15) is 18.6 Å². The van der Waals surface area contributed by atoms with Crippen LogP contribution in [0.25, 0.3) is 0 Å². The SMILES string of the molecule is NC(N)=NCCCC(NC(=O)C(Cc1ccccc1)NC(=O)C1CCCN1)C(=O)NCC(=O)O. The van der Waals surface area contributed by atoms with E-state index < -0.39 is 36.4 Å². The number of amides is 3. The molecule has 3 amide bonds. The molecule has 1 aromatic rings. The maximum absolute atomic E-state index is 13.2. The van der Waals surface area contributed by atoms with Crippen LogP contribution in [0.5, 0.6) is 0 Å². The van der Waals surface area contributed by atoms with E-state index in [1.165, 1.54) is 0 Å². The first-order valence-electron chi connectivity index (χ1n) is 11.2. The lowest BCUT2D eigenvalue weighted by molar-refractivity contribution is -0.138. The van der Waals surface area contributed by atoms with Gasteiger partial charge >= 0.3 is 5.97 Å². The summed E-state index contributed by atoms with van der Waals surface area (Å²) in [4.78, 5) is 53.1. The maximum Gasteiger partial charge on any atom is 0.322 e. The molecule has 1 fully saturated rings. The minimum atomic E-state index is -1.21. The van der Waals surface area contributed by atoms with Gasteiger partial charge in [-0.15, -0.1) is 0 Å². The molecule has 0 aliphatic carbocycles. The van der Waals surface area contributed by atoms with E-state index in [4.69, 9.17) is 16.6 Å². The minimum Gasteiger partial charge on any atom is -0.480 e. The van der Waals surface area contributed by atoms with Gasteiger partial charge in [0.25, 0.3) is 0 Å². The highest BCUT2D eigenvalue weighted by Gasteiger charge is 2.30. The molecule has 0 aromatic heterocycles. The summed E-state index contributed by atoms with van der Waals surface area (Å²) in [6, 6.07) is 6.86. The number of aliphatic imine (C=N–C) groups is 1. The number of nitrogens with one attached hydrogen (secondary N) is 4. The van der Waals surface area contributed by atoms with Gasteiger partial charge in [0.05, 0.1) is 6.04 Å². The molecule has 12 nitrogen and oxygen atoms in total. The van der Waals surface area contributed by atoms with Gasteiger partial charge in [0, 0.05) is 13.0 Å². The first kappa shape index (κ1) is 26.6. The molecule has 1 aliphatic rings. The Morgan fingerprint density at radius 2 is 1.82 bits per heavy atom. The molecule has 1 aliphatic heterocycles. The van der Waals surface area contributed by atoms with Crippen LogP contribution in [0.4, 0.5) is 0 Å². The predicted octanol–water partition coefficient (Wildman–Crippen LogP) is -1.79. The van der Waals surface area contributed by atoms with Crippen molar-refractivity contribution in [2.45, 2.75) is 50.2 Å². The number of nitrogens with two attached hydrogens (primary N) is 2. The molecule has 0 saturated carbocycles. The highest BCUT2D eigenvalue weighted by molar-refractivity contribution is 5.94. The van der Waals surface area contributed by atoms with E-state index in [1.54, 1.807) is 0 Å². The van der Waals surface area contributed by atoms with Crippen LogP contribution in [0.15, 0.2) is 35.3 Å². The number of hydrogen-bond acceptors (Lipinski definition) is 6. The Morgan fingerprint density at radius 3 is 2.44 bits per heavy atom. The maximum atomic E-state index is 13.2. The summed E-state index contributed by atoms with van der Waals surface area (Å²) >= 11 is 0. The van der Waals surface area contributed by atoms with Crippen molar-refractivity contribution in [3.63, 3.8) is 0 Å². The Balaban J connectivity index is 2.12. The molecule has 12 heteroatoms. The highest BCUT2D eigenvalue weighted by atomic mass is 16.4. The van der Waals surface area contributed by atoms with Gasteiger partial charge in [-0.2, -0.15) is 0 Å². The number of rotatable bonds is 13. The predicted molar refractivity (Wildman–Crippen MR) is 126 cm³/mol. The standard InChI is InChI=1S/C22H33N7O5/c23-22(24)26-11-5-9-16(19(32)27-13-18(30)31)28-21(34)17(12-14-6-2-1-3-7-14)29-20(33)15-8-4-10-25-15/h1-3,6-7,15-17,25H,4-5,8-13H2,(H,27,32)(H,28,34)(H,29,33)(H,30,31)(H4,23,24,26). The van der Waals surface area contributed by atoms with E-state index in [2.05, 4.69) is 26.3 Å². The molecule has 186 valence electrons. The molecule has 3 atom stereocenters. The number of benzene rings is 1. The third-order valence-electron chi connectivity index (χ3n) is 5.28. The fourth-order valence-corrected chi connectivity index (χ4v) is 3.57. The lowest BCUT2D eigenvalue weighted by Gasteiger charge is -2.24. The second-order valence-corrected chi connectivity index (χ2v) is 8.02. The molecular weight excluding hydrogens is 442 g/mol. The molecule has 0 radical (unpaired) electrons. The fraction of sp³-hybridized carbons (Fsp3) is 0.500. The van der Waals surface area contributed by atoms with Crippen molar-refractivity contribution in [1.82, 2.24) is 21.3 Å². The van der Waals surface area contributed by atoms with Crippen LogP contribution in [-0.2, 0) is 25.6 Å². The van der Waals surface area contributed by atoms with Crippen LogP contribution in [0.1, 0.15) is 31.2 Å². The van der Waals surface area contributed by atoms with Crippen molar-refractivity contribution in [3.05, 3.63) is 35.9 Å². The molecule has 9 N–H and O–H groups in total. The Morgan fingerprint density at radius 1 is 1.09 bits per heavy atom. The molecular formula is C22H33N7O5. The molecule has 1 aromatic carbocycles. The number of carboxylic acid groups (broad SMARTS) is 1. The number of nitrogens with zero attached hydrogens (tertiary/aromatic N) is 1. The van der Waals surface area contributed by atoms with Gasteiger partial charge in [0.2, 0.25) is 17.7 Å². The number of hydrogen-bond donors (Lipinski definition) is 7. The van der Waals surface area contributed by atoms with Crippen molar-refractivity contribution < 1.29 is 24.3 Å². The third kappa shape index (κ3) is 9.45. The van der Waals surface area contributed by atoms with Crippen LogP contribution < -0.4 is 32.7 Å². The van der Waals surface area contributed by atoms with Crippen molar-refractivity contribution in [2.24, 2.45) is 16.5 Å². The van der Waals surface area contributed by atoms with Crippen LogP contribution in [0, 0.1) is 0 Å². The monoisotopic (exact) mass is 475 g/mol. The molecule has 3 unspecified atom stereocenters. The molecule has 2 rings (SSSR count). The topological polar surface area (TPSA) is 201 Å². The second kappa shape index (κ2) is 13.8. The zero-order valence-electron chi connectivity index (χ0n) is 19.0. The molecule has 1 heterocycles. The highest BCUT2D eigenvalue weighted by Crippen LogP contribution is 2.09. The van der Waals surface area contributed by atoms with Gasteiger partial charge < -0.3 is 37.8 Å². The zero-order valence-corrected chi connectivity index (χ0v) is 19.0. The quantitative estimate of drug-likeness (QED) is 0.0984. The Bertz CT molecular complexity index is 868. The molecule has 1 saturated heterocycles. The van der Waals surface area contributed by atoms with Gasteiger partial charge in [-0.3, -0.25) is 24.2 Å². The number of guanidine groups is 1. The van der Waals surface area contributed by atoms with E-state index in [1.807, 2.05) is 30.3 Å². The second-order valence-electron chi connectivity index (χ2n) is 8.02. The van der Waals surface area contributed by atoms with Crippen molar-refractivity contribution in [1.29, 1.82) is 0 Å². The summed E-state index contributed by atoms with van der Waals surface area (Å²) in [5.41, 5.74) is 11.5. The van der Waals surface area contributed by atoms with Crippen LogP contribution in [-0.4, -0.2) is 72.5 Å². The largest absolute Gasteiger partial charge is 0.480 e. The van der Waals surface area contributed by atoms with Crippen LogP contribution >= 0.6 is 0 Å². The van der Waals surface area contributed by atoms with Crippen molar-refractivity contribution in [3.8, 4) is 0 Å². The van der Waals surface area contributed by atoms with E-state index >= 15 is 0 Å². The van der Waals surface area contributed by atoms with E-state index in [0.29, 0.717) is 12.8 Å². The normalized spacial score (nSPS) is 16.6. The van der Waals surface area contributed by atoms with Gasteiger partial charge in [-0.05, 0) is 37.8 Å². The van der Waals surface area contributed by atoms with E-state index in [0.717, 1.165) is 18.5 Å². The van der Waals surface area contributed by atoms with Crippen LogP contribution in [0.3, 0.4) is 0 Å². The number of aliphatic carboxylic acids is 1. The zero-order chi connectivity index (χ0) is 24.9. The summed E-state index contributed by atoms with van der Waals surface area (Å²) in [7, 11) is 0. The summed E-state index contributed by atoms with van der Waals surface area (Å²) < 4.78 is 0. The Labute approximate surface area is 197 Å². The molecule has 34 heavy (non-hydrogen) atoms. The Kier molecular flexibility index (Phi) is 10.8. The van der Waals surface area contributed by atoms with E-state index in [-0.39, 0.29) is 37.3 Å². The average molecular weight is 476 g/mol. The van der Waals surface area contributed by atoms with Crippen molar-refractivity contribution >= 4 is 29.7 Å². The fourth-order valence-electron chi connectivity index (χ4n) is 3.57. The average Bonchev–Trinajstić information content (AvgIpc) is 3.34. The van der Waals surface area contributed by atoms with Crippen LogP contribution in [0.2, 0.25) is 0 Å². The summed E-state index contributed by atoms with van der Waals surface area (Å²) in [5.74, 6) is -2.79. The third-order valence-corrected chi connectivity index (χ3v) is 5.28. The summed E-state index contributed by atoms with van der Waals surface area (Å²) in [6.07, 6.45) is 2.31. The lowest BCUT2D eigenvalue weighted by atomic mass is 10.0. The molecule has 0 bridgehead atoms. The molecule has 0 spiro atoms. The number of carbonyl (C=O) groups is 4. The van der Waals surface area contributed by atoms with Crippen molar-refractivity contribution in [2.75, 3.05) is 19.6 Å². The lowest BCUT2D eigenvalue weighted by Crippen LogP contribution is -2.56. The van der Waals surface area contributed by atoms with Gasteiger partial charge in [-0.25, -0.2) is 0 Å². The first-order valence-corrected chi connectivity index (χ1v) is 11.2. The van der Waals surface area contributed by atoms with Gasteiger partial charge in [0.15, 0.2) is 5.96 Å².